The number of carbonyl (C=O) groups is 1. The minimum absolute atomic E-state index is 0.150. The first-order valence-electron chi connectivity index (χ1n) is 10.1. The maximum atomic E-state index is 11.8. The second-order valence-electron chi connectivity index (χ2n) is 8.29. The molecule has 3 aliphatic rings. The highest BCUT2D eigenvalue weighted by Gasteiger charge is 2.47. The molecule has 1 aromatic carbocycles. The zero-order valence-electron chi connectivity index (χ0n) is 15.9. The van der Waals surface area contributed by atoms with E-state index in [0.717, 1.165) is 45.4 Å². The number of benzene rings is 1. The lowest BCUT2D eigenvalue weighted by Crippen LogP contribution is -2.55. The highest BCUT2D eigenvalue weighted by atomic mass is 16.6. The second-order valence-corrected chi connectivity index (χ2v) is 8.29. The van der Waals surface area contributed by atoms with Crippen molar-refractivity contribution in [3.05, 3.63) is 35.9 Å². The van der Waals surface area contributed by atoms with Crippen molar-refractivity contribution < 1.29 is 9.53 Å². The van der Waals surface area contributed by atoms with E-state index in [1.807, 2.05) is 7.05 Å². The Morgan fingerprint density at radius 3 is 2.58 bits per heavy atom. The number of amides is 1. The Morgan fingerprint density at radius 1 is 1.12 bits per heavy atom. The predicted octanol–water partition coefficient (Wildman–Crippen LogP) is 2.61. The zero-order valence-corrected chi connectivity index (χ0v) is 15.9. The Kier molecular flexibility index (Phi) is 5.18. The van der Waals surface area contributed by atoms with Gasteiger partial charge < -0.3 is 14.5 Å². The molecule has 0 aliphatic carbocycles. The summed E-state index contributed by atoms with van der Waals surface area (Å²) in [6.45, 7) is 6.33. The third-order valence-electron chi connectivity index (χ3n) is 6.34. The van der Waals surface area contributed by atoms with Crippen LogP contribution in [0.2, 0.25) is 0 Å². The van der Waals surface area contributed by atoms with E-state index < -0.39 is 0 Å². The Hall–Kier alpha value is -1.59. The van der Waals surface area contributed by atoms with Crippen LogP contribution in [-0.4, -0.2) is 78.8 Å². The van der Waals surface area contributed by atoms with Gasteiger partial charge in [-0.25, -0.2) is 4.79 Å². The van der Waals surface area contributed by atoms with Gasteiger partial charge in [0, 0.05) is 26.2 Å². The molecule has 26 heavy (non-hydrogen) atoms. The van der Waals surface area contributed by atoms with Crippen LogP contribution in [0.15, 0.2) is 30.3 Å². The SMILES string of the molecule is CN1CC2(CCCN(C3CCN(CCc4ccccc4)CC3)C2)OC1=O. The molecule has 1 amide bonds. The predicted molar refractivity (Wildman–Crippen MR) is 102 cm³/mol. The van der Waals surface area contributed by atoms with Crippen molar-refractivity contribution in [3.8, 4) is 0 Å². The van der Waals surface area contributed by atoms with Crippen LogP contribution < -0.4 is 0 Å². The molecule has 4 rings (SSSR count). The fourth-order valence-electron chi connectivity index (χ4n) is 4.89. The lowest BCUT2D eigenvalue weighted by molar-refractivity contribution is -0.0321. The van der Waals surface area contributed by atoms with Crippen molar-refractivity contribution in [1.82, 2.24) is 14.7 Å². The van der Waals surface area contributed by atoms with Gasteiger partial charge in [0.25, 0.3) is 0 Å². The number of carbonyl (C=O) groups excluding carboxylic acids is 1. The van der Waals surface area contributed by atoms with E-state index in [1.165, 1.54) is 31.5 Å². The van der Waals surface area contributed by atoms with Crippen LogP contribution in [-0.2, 0) is 11.2 Å². The molecule has 0 radical (unpaired) electrons. The topological polar surface area (TPSA) is 36.0 Å². The van der Waals surface area contributed by atoms with Crippen molar-refractivity contribution in [2.24, 2.45) is 0 Å². The van der Waals surface area contributed by atoms with Crippen molar-refractivity contribution in [1.29, 1.82) is 0 Å². The number of rotatable bonds is 4. The monoisotopic (exact) mass is 357 g/mol. The van der Waals surface area contributed by atoms with Gasteiger partial charge >= 0.3 is 6.09 Å². The standard InChI is InChI=1S/C21H31N3O2/c1-22-16-21(26-20(22)25)11-5-12-24(17-21)19-9-14-23(15-10-19)13-8-18-6-3-2-4-7-18/h2-4,6-7,19H,5,8-17H2,1H3. The Labute approximate surface area is 156 Å². The lowest BCUT2D eigenvalue weighted by Gasteiger charge is -2.45. The van der Waals surface area contributed by atoms with Gasteiger partial charge in [0.1, 0.15) is 5.60 Å². The first kappa shape index (κ1) is 17.8. The molecule has 0 bridgehead atoms. The Balaban J connectivity index is 1.26. The fraction of sp³-hybridized carbons (Fsp3) is 0.667. The van der Waals surface area contributed by atoms with Crippen LogP contribution in [0.25, 0.3) is 0 Å². The molecule has 1 spiro atoms. The smallest absolute Gasteiger partial charge is 0.410 e. The Bertz CT molecular complexity index is 615. The number of hydrogen-bond donors (Lipinski definition) is 0. The van der Waals surface area contributed by atoms with E-state index in [4.69, 9.17) is 4.74 Å². The summed E-state index contributed by atoms with van der Waals surface area (Å²) in [5.41, 5.74) is 1.17. The first-order chi connectivity index (χ1) is 12.6. The number of nitrogens with zero attached hydrogens (tertiary/aromatic N) is 3. The molecule has 3 fully saturated rings. The highest BCUT2D eigenvalue weighted by molar-refractivity contribution is 5.70. The van der Waals surface area contributed by atoms with E-state index in [0.29, 0.717) is 6.04 Å². The maximum Gasteiger partial charge on any atom is 0.410 e. The van der Waals surface area contributed by atoms with E-state index in [1.54, 1.807) is 4.90 Å². The molecular weight excluding hydrogens is 326 g/mol. The largest absolute Gasteiger partial charge is 0.440 e. The van der Waals surface area contributed by atoms with Gasteiger partial charge in [-0.15, -0.1) is 0 Å². The second kappa shape index (κ2) is 7.57. The third-order valence-corrected chi connectivity index (χ3v) is 6.34. The molecule has 5 nitrogen and oxygen atoms in total. The number of likely N-dealkylation sites (tertiary alicyclic amines) is 2. The summed E-state index contributed by atoms with van der Waals surface area (Å²) in [6, 6.07) is 11.4. The number of ether oxygens (including phenoxy) is 1. The molecular formula is C21H31N3O2. The summed E-state index contributed by atoms with van der Waals surface area (Å²) in [7, 11) is 1.85. The van der Waals surface area contributed by atoms with Crippen LogP contribution >= 0.6 is 0 Å². The molecule has 1 unspecified atom stereocenters. The van der Waals surface area contributed by atoms with Gasteiger partial charge in [0.05, 0.1) is 6.54 Å². The van der Waals surface area contributed by atoms with Gasteiger partial charge in [0.2, 0.25) is 0 Å². The Morgan fingerprint density at radius 2 is 1.88 bits per heavy atom. The lowest BCUT2D eigenvalue weighted by atomic mass is 9.90. The van der Waals surface area contributed by atoms with Gasteiger partial charge in [-0.1, -0.05) is 30.3 Å². The van der Waals surface area contributed by atoms with Gasteiger partial charge in [-0.05, 0) is 57.3 Å². The van der Waals surface area contributed by atoms with E-state index in [-0.39, 0.29) is 11.7 Å². The van der Waals surface area contributed by atoms with E-state index in [2.05, 4.69) is 40.1 Å². The van der Waals surface area contributed by atoms with Crippen LogP contribution in [0, 0.1) is 0 Å². The number of likely N-dealkylation sites (N-methyl/N-ethyl adjacent to an activating group) is 1. The van der Waals surface area contributed by atoms with Gasteiger partial charge in [-0.2, -0.15) is 0 Å². The van der Waals surface area contributed by atoms with E-state index in [9.17, 15) is 4.79 Å². The number of piperidine rings is 2. The first-order valence-corrected chi connectivity index (χ1v) is 10.1. The summed E-state index contributed by atoms with van der Waals surface area (Å²) in [6.07, 6.45) is 5.59. The average Bonchev–Trinajstić information content (AvgIpc) is 2.94. The van der Waals surface area contributed by atoms with E-state index >= 15 is 0 Å². The van der Waals surface area contributed by atoms with Gasteiger partial charge in [-0.3, -0.25) is 4.90 Å². The van der Waals surface area contributed by atoms with Crippen LogP contribution in [0.3, 0.4) is 0 Å². The summed E-state index contributed by atoms with van der Waals surface area (Å²) in [5.74, 6) is 0. The van der Waals surface area contributed by atoms with Crippen molar-refractivity contribution in [2.75, 3.05) is 46.3 Å². The summed E-state index contributed by atoms with van der Waals surface area (Å²) in [4.78, 5) is 18.8. The molecule has 0 N–H and O–H groups in total. The van der Waals surface area contributed by atoms with Crippen LogP contribution in [0.1, 0.15) is 31.2 Å². The molecule has 142 valence electrons. The van der Waals surface area contributed by atoms with Crippen LogP contribution in [0.4, 0.5) is 4.79 Å². The molecule has 0 saturated carbocycles. The number of hydrogen-bond acceptors (Lipinski definition) is 4. The molecule has 1 aromatic rings. The molecule has 0 aromatic heterocycles. The third kappa shape index (κ3) is 3.89. The molecule has 1 atom stereocenters. The fourth-order valence-corrected chi connectivity index (χ4v) is 4.89. The molecule has 3 aliphatic heterocycles. The van der Waals surface area contributed by atoms with Crippen molar-refractivity contribution in [2.45, 2.75) is 43.7 Å². The van der Waals surface area contributed by atoms with Crippen molar-refractivity contribution in [3.63, 3.8) is 0 Å². The minimum atomic E-state index is -0.255. The normalized spacial score (nSPS) is 28.7. The minimum Gasteiger partial charge on any atom is -0.440 e. The maximum absolute atomic E-state index is 11.8. The quantitative estimate of drug-likeness (QED) is 0.830. The summed E-state index contributed by atoms with van der Waals surface area (Å²) >= 11 is 0. The van der Waals surface area contributed by atoms with Crippen LogP contribution in [0.5, 0.6) is 0 Å². The average molecular weight is 357 g/mol. The molecule has 5 heteroatoms. The zero-order chi connectivity index (χ0) is 18.0. The highest BCUT2D eigenvalue weighted by Crippen LogP contribution is 2.33. The van der Waals surface area contributed by atoms with Gasteiger partial charge in [0.15, 0.2) is 0 Å². The summed E-state index contributed by atoms with van der Waals surface area (Å²) < 4.78 is 5.77. The summed E-state index contributed by atoms with van der Waals surface area (Å²) in [5, 5.41) is 0. The van der Waals surface area contributed by atoms with Crippen molar-refractivity contribution >= 4 is 6.09 Å². The molecule has 3 saturated heterocycles. The molecule has 3 heterocycles.